The second-order valence-electron chi connectivity index (χ2n) is 5.27. The fourth-order valence-electron chi connectivity index (χ4n) is 2.46. The van der Waals surface area contributed by atoms with Crippen LogP contribution in [0.2, 0.25) is 0 Å². The molecule has 0 aromatic carbocycles. The van der Waals surface area contributed by atoms with E-state index in [-0.39, 0.29) is 17.4 Å². The van der Waals surface area contributed by atoms with Gasteiger partial charge in [0, 0.05) is 25.6 Å². The lowest BCUT2D eigenvalue weighted by Crippen LogP contribution is -2.45. The predicted molar refractivity (Wildman–Crippen MR) is 73.5 cm³/mol. The molecule has 1 amide bonds. The molecule has 0 saturated carbocycles. The molecule has 1 aliphatic heterocycles. The molecule has 1 unspecified atom stereocenters. The maximum Gasteiger partial charge on any atom is 0.221 e. The highest BCUT2D eigenvalue weighted by Gasteiger charge is 2.25. The fourth-order valence-corrected chi connectivity index (χ4v) is 2.46. The van der Waals surface area contributed by atoms with Crippen LogP contribution in [0, 0.1) is 5.41 Å². The zero-order chi connectivity index (χ0) is 13.4. The highest BCUT2D eigenvalue weighted by molar-refractivity contribution is 5.76. The van der Waals surface area contributed by atoms with Crippen molar-refractivity contribution in [3.05, 3.63) is 0 Å². The average molecular weight is 256 g/mol. The highest BCUT2D eigenvalue weighted by atomic mass is 16.5. The predicted octanol–water partition coefficient (Wildman–Crippen LogP) is 1.70. The second kappa shape index (κ2) is 7.74. The van der Waals surface area contributed by atoms with Crippen molar-refractivity contribution in [2.24, 2.45) is 5.41 Å². The summed E-state index contributed by atoms with van der Waals surface area (Å²) in [7, 11) is 0. The summed E-state index contributed by atoms with van der Waals surface area (Å²) in [4.78, 5) is 11.9. The van der Waals surface area contributed by atoms with Crippen molar-refractivity contribution in [2.75, 3.05) is 26.3 Å². The lowest BCUT2D eigenvalue weighted by molar-refractivity contribution is -0.122. The van der Waals surface area contributed by atoms with Crippen LogP contribution in [0.15, 0.2) is 0 Å². The smallest absolute Gasteiger partial charge is 0.221 e. The number of ether oxygens (including phenoxy) is 1. The molecular weight excluding hydrogens is 228 g/mol. The molecule has 0 spiro atoms. The van der Waals surface area contributed by atoms with Crippen LogP contribution in [-0.4, -0.2) is 38.3 Å². The Labute approximate surface area is 111 Å². The normalized spacial score (nSPS) is 20.7. The Hall–Kier alpha value is -0.610. The summed E-state index contributed by atoms with van der Waals surface area (Å²) < 4.78 is 5.35. The van der Waals surface area contributed by atoms with Gasteiger partial charge in [-0.25, -0.2) is 0 Å². The number of hydrogen-bond donors (Lipinski definition) is 2. The van der Waals surface area contributed by atoms with Gasteiger partial charge in [-0.2, -0.15) is 0 Å². The Morgan fingerprint density at radius 1 is 1.33 bits per heavy atom. The van der Waals surface area contributed by atoms with Gasteiger partial charge in [0.05, 0.1) is 13.2 Å². The van der Waals surface area contributed by atoms with Crippen LogP contribution < -0.4 is 10.6 Å². The zero-order valence-electron chi connectivity index (χ0n) is 12.1. The standard InChI is InChI=1S/C14H28N2O2/c1-4-14(5-2,6-3)11-16-13(17)9-12-10-18-8-7-15-12/h12,15H,4-11H2,1-3H3,(H,16,17). The highest BCUT2D eigenvalue weighted by Crippen LogP contribution is 2.29. The zero-order valence-corrected chi connectivity index (χ0v) is 12.1. The fraction of sp³-hybridized carbons (Fsp3) is 0.929. The molecule has 1 saturated heterocycles. The van der Waals surface area contributed by atoms with E-state index in [0.717, 1.165) is 39.0 Å². The van der Waals surface area contributed by atoms with Gasteiger partial charge >= 0.3 is 0 Å². The summed E-state index contributed by atoms with van der Waals surface area (Å²) in [6.45, 7) is 9.65. The van der Waals surface area contributed by atoms with Gasteiger partial charge in [0.1, 0.15) is 0 Å². The van der Waals surface area contributed by atoms with Crippen LogP contribution >= 0.6 is 0 Å². The molecule has 0 radical (unpaired) electrons. The van der Waals surface area contributed by atoms with E-state index < -0.39 is 0 Å². The van der Waals surface area contributed by atoms with Gasteiger partial charge in [0.25, 0.3) is 0 Å². The SMILES string of the molecule is CCC(CC)(CC)CNC(=O)CC1COCCN1. The molecule has 0 bridgehead atoms. The first-order valence-electron chi connectivity index (χ1n) is 7.23. The number of hydrogen-bond acceptors (Lipinski definition) is 3. The second-order valence-corrected chi connectivity index (χ2v) is 5.27. The van der Waals surface area contributed by atoms with Crippen LogP contribution in [-0.2, 0) is 9.53 Å². The van der Waals surface area contributed by atoms with Gasteiger partial charge in [-0.15, -0.1) is 0 Å². The minimum atomic E-state index is 0.137. The van der Waals surface area contributed by atoms with Crippen molar-refractivity contribution in [1.82, 2.24) is 10.6 Å². The van der Waals surface area contributed by atoms with Crippen LogP contribution in [0.25, 0.3) is 0 Å². The number of rotatable bonds is 7. The third-order valence-electron chi connectivity index (χ3n) is 4.34. The third-order valence-corrected chi connectivity index (χ3v) is 4.34. The van der Waals surface area contributed by atoms with E-state index in [4.69, 9.17) is 4.74 Å². The summed E-state index contributed by atoms with van der Waals surface area (Å²) in [6, 6.07) is 0.179. The van der Waals surface area contributed by atoms with E-state index in [1.54, 1.807) is 0 Å². The minimum Gasteiger partial charge on any atom is -0.378 e. The van der Waals surface area contributed by atoms with Crippen LogP contribution in [0.3, 0.4) is 0 Å². The molecular formula is C14H28N2O2. The lowest BCUT2D eigenvalue weighted by atomic mass is 9.80. The van der Waals surface area contributed by atoms with Gasteiger partial charge < -0.3 is 15.4 Å². The largest absolute Gasteiger partial charge is 0.378 e. The summed E-state index contributed by atoms with van der Waals surface area (Å²) in [6.07, 6.45) is 3.87. The van der Waals surface area contributed by atoms with Crippen molar-refractivity contribution in [1.29, 1.82) is 0 Å². The van der Waals surface area contributed by atoms with E-state index in [1.807, 2.05) is 0 Å². The molecule has 1 heterocycles. The number of morpholine rings is 1. The molecule has 1 atom stereocenters. The van der Waals surface area contributed by atoms with Crippen molar-refractivity contribution in [2.45, 2.75) is 52.5 Å². The Bertz CT molecular complexity index is 238. The van der Waals surface area contributed by atoms with Crippen molar-refractivity contribution >= 4 is 5.91 Å². The summed E-state index contributed by atoms with van der Waals surface area (Å²) in [5, 5.41) is 6.39. The molecule has 1 fully saturated rings. The third kappa shape index (κ3) is 4.58. The van der Waals surface area contributed by atoms with E-state index in [2.05, 4.69) is 31.4 Å². The minimum absolute atomic E-state index is 0.137. The quantitative estimate of drug-likeness (QED) is 0.729. The van der Waals surface area contributed by atoms with Gasteiger partial charge in [0.15, 0.2) is 0 Å². The van der Waals surface area contributed by atoms with Gasteiger partial charge in [-0.05, 0) is 24.7 Å². The lowest BCUT2D eigenvalue weighted by Gasteiger charge is -2.31. The van der Waals surface area contributed by atoms with E-state index in [9.17, 15) is 4.79 Å². The average Bonchev–Trinajstić information content (AvgIpc) is 2.42. The molecule has 0 aliphatic carbocycles. The van der Waals surface area contributed by atoms with Gasteiger partial charge in [-0.3, -0.25) is 4.79 Å². The van der Waals surface area contributed by atoms with Gasteiger partial charge in [0.2, 0.25) is 5.91 Å². The molecule has 0 aromatic heterocycles. The van der Waals surface area contributed by atoms with Crippen LogP contribution in [0.1, 0.15) is 46.5 Å². The Morgan fingerprint density at radius 3 is 2.50 bits per heavy atom. The first-order chi connectivity index (χ1) is 8.65. The molecule has 4 nitrogen and oxygen atoms in total. The molecule has 4 heteroatoms. The van der Waals surface area contributed by atoms with E-state index in [1.165, 1.54) is 0 Å². The van der Waals surface area contributed by atoms with Crippen molar-refractivity contribution < 1.29 is 9.53 Å². The van der Waals surface area contributed by atoms with Crippen LogP contribution in [0.5, 0.6) is 0 Å². The molecule has 1 rings (SSSR count). The number of carbonyl (C=O) groups excluding carboxylic acids is 1. The number of amides is 1. The Morgan fingerprint density at radius 2 is 2.00 bits per heavy atom. The van der Waals surface area contributed by atoms with Crippen molar-refractivity contribution in [3.8, 4) is 0 Å². The molecule has 106 valence electrons. The van der Waals surface area contributed by atoms with E-state index >= 15 is 0 Å². The van der Waals surface area contributed by atoms with Crippen LogP contribution in [0.4, 0.5) is 0 Å². The Balaban J connectivity index is 2.30. The number of carbonyl (C=O) groups is 1. The first-order valence-corrected chi connectivity index (χ1v) is 7.23. The summed E-state index contributed by atoms with van der Waals surface area (Å²) >= 11 is 0. The molecule has 2 N–H and O–H groups in total. The Kier molecular flexibility index (Phi) is 6.65. The maximum atomic E-state index is 11.9. The topological polar surface area (TPSA) is 50.4 Å². The van der Waals surface area contributed by atoms with Crippen molar-refractivity contribution in [3.63, 3.8) is 0 Å². The maximum absolute atomic E-state index is 11.9. The summed E-state index contributed by atoms with van der Waals surface area (Å²) in [5.41, 5.74) is 0.270. The molecule has 1 aliphatic rings. The summed E-state index contributed by atoms with van der Waals surface area (Å²) in [5.74, 6) is 0.137. The molecule has 0 aromatic rings. The number of nitrogens with one attached hydrogen (secondary N) is 2. The monoisotopic (exact) mass is 256 g/mol. The molecule has 18 heavy (non-hydrogen) atoms. The van der Waals surface area contributed by atoms with Gasteiger partial charge in [-0.1, -0.05) is 20.8 Å². The first kappa shape index (κ1) is 15.4. The van der Waals surface area contributed by atoms with E-state index in [0.29, 0.717) is 13.0 Å².